The van der Waals surface area contributed by atoms with Crippen molar-refractivity contribution in [2.24, 2.45) is 11.7 Å². The number of nitrogens with one attached hydrogen (secondary N) is 2. The van der Waals surface area contributed by atoms with Gasteiger partial charge in [-0.25, -0.2) is 17.8 Å². The van der Waals surface area contributed by atoms with Crippen LogP contribution in [-0.4, -0.2) is 26.0 Å². The molecule has 0 radical (unpaired) electrons. The molecule has 3 rings (SSSR count). The molecule has 29 heavy (non-hydrogen) atoms. The number of nitrogens with zero attached hydrogens (tertiary/aromatic N) is 1. The standard InChI is InChI=1S/C19H26ClFN4O2S2/c20-14-11-18(29(26,27)25-19-24-9-10-28-19)15(21)12-17(14)23-8-3-1-2-5-13-6-4-7-16(13)22/h9-13,16,23H,1-8,22H2,(H,24,25)/t13-,16-/m1/s1. The van der Waals surface area contributed by atoms with Crippen molar-refractivity contribution in [1.82, 2.24) is 4.98 Å². The number of aromatic nitrogens is 1. The van der Waals surface area contributed by atoms with E-state index in [1.54, 1.807) is 5.38 Å². The lowest BCUT2D eigenvalue weighted by Crippen LogP contribution is -2.24. The van der Waals surface area contributed by atoms with Crippen LogP contribution in [0.3, 0.4) is 0 Å². The SMILES string of the molecule is N[C@@H]1CCC[C@H]1CCCCCNc1cc(F)c(S(=O)(=O)Nc2nccs2)cc1Cl. The van der Waals surface area contributed by atoms with Crippen molar-refractivity contribution in [2.45, 2.75) is 55.9 Å². The Kier molecular flexibility index (Phi) is 7.72. The van der Waals surface area contributed by atoms with E-state index >= 15 is 0 Å². The van der Waals surface area contributed by atoms with Gasteiger partial charge in [-0.1, -0.05) is 30.9 Å². The van der Waals surface area contributed by atoms with Crippen molar-refractivity contribution < 1.29 is 12.8 Å². The summed E-state index contributed by atoms with van der Waals surface area (Å²) in [6.45, 7) is 0.638. The first-order chi connectivity index (χ1) is 13.9. The molecule has 0 aliphatic heterocycles. The van der Waals surface area contributed by atoms with Crippen LogP contribution in [-0.2, 0) is 10.0 Å². The van der Waals surface area contributed by atoms with Crippen molar-refractivity contribution in [3.05, 3.63) is 34.5 Å². The second-order valence-electron chi connectivity index (χ2n) is 7.34. The van der Waals surface area contributed by atoms with Crippen LogP contribution < -0.4 is 15.8 Å². The third-order valence-corrected chi connectivity index (χ3v) is 7.73. The molecule has 1 fully saturated rings. The lowest BCUT2D eigenvalue weighted by Gasteiger charge is -2.15. The molecule has 0 spiro atoms. The van der Waals surface area contributed by atoms with Crippen LogP contribution in [0, 0.1) is 11.7 Å². The van der Waals surface area contributed by atoms with Crippen molar-refractivity contribution >= 4 is 43.8 Å². The highest BCUT2D eigenvalue weighted by Crippen LogP contribution is 2.30. The number of thiazole rings is 1. The molecule has 1 aliphatic rings. The Hall–Kier alpha value is -1.42. The maximum Gasteiger partial charge on any atom is 0.266 e. The van der Waals surface area contributed by atoms with Crippen LogP contribution in [0.2, 0.25) is 5.02 Å². The Morgan fingerprint density at radius 3 is 2.79 bits per heavy atom. The number of halogens is 2. The van der Waals surface area contributed by atoms with Gasteiger partial charge in [0.2, 0.25) is 0 Å². The monoisotopic (exact) mass is 460 g/mol. The zero-order valence-electron chi connectivity index (χ0n) is 16.0. The van der Waals surface area contributed by atoms with Gasteiger partial charge in [-0.05, 0) is 43.7 Å². The molecule has 4 N–H and O–H groups in total. The minimum Gasteiger partial charge on any atom is -0.384 e. The Bertz CT molecular complexity index is 909. The fourth-order valence-corrected chi connectivity index (χ4v) is 5.84. The van der Waals surface area contributed by atoms with Crippen LogP contribution in [0.15, 0.2) is 28.6 Å². The first kappa shape index (κ1) is 22.3. The molecule has 6 nitrogen and oxygen atoms in total. The van der Waals surface area contributed by atoms with Gasteiger partial charge in [0.15, 0.2) is 5.13 Å². The van der Waals surface area contributed by atoms with E-state index in [4.69, 9.17) is 17.3 Å². The summed E-state index contributed by atoms with van der Waals surface area (Å²) in [6.07, 6.45) is 9.34. The number of sulfonamides is 1. The number of rotatable bonds is 10. The molecule has 0 saturated heterocycles. The summed E-state index contributed by atoms with van der Waals surface area (Å²) in [4.78, 5) is 3.34. The van der Waals surface area contributed by atoms with Gasteiger partial charge in [0.25, 0.3) is 10.0 Å². The van der Waals surface area contributed by atoms with Gasteiger partial charge in [0.1, 0.15) is 10.7 Å². The van der Waals surface area contributed by atoms with E-state index in [1.165, 1.54) is 19.0 Å². The number of nitrogens with two attached hydrogens (primary N) is 1. The smallest absolute Gasteiger partial charge is 0.266 e. The molecule has 160 valence electrons. The third kappa shape index (κ3) is 6.04. The molecule has 1 heterocycles. The van der Waals surface area contributed by atoms with Crippen LogP contribution >= 0.6 is 22.9 Å². The minimum absolute atomic E-state index is 0.155. The third-order valence-electron chi connectivity index (χ3n) is 5.25. The van der Waals surface area contributed by atoms with Gasteiger partial charge in [0.05, 0.1) is 10.7 Å². The number of benzene rings is 1. The van der Waals surface area contributed by atoms with E-state index in [2.05, 4.69) is 15.0 Å². The zero-order chi connectivity index (χ0) is 20.9. The minimum atomic E-state index is -4.10. The zero-order valence-corrected chi connectivity index (χ0v) is 18.4. The average molecular weight is 461 g/mol. The fourth-order valence-electron chi connectivity index (χ4n) is 3.67. The largest absolute Gasteiger partial charge is 0.384 e. The molecule has 0 unspecified atom stereocenters. The predicted molar refractivity (Wildman–Crippen MR) is 117 cm³/mol. The summed E-state index contributed by atoms with van der Waals surface area (Å²) in [6, 6.07) is 2.60. The number of hydrogen-bond donors (Lipinski definition) is 3. The van der Waals surface area contributed by atoms with Crippen molar-refractivity contribution in [2.75, 3.05) is 16.6 Å². The number of anilines is 2. The van der Waals surface area contributed by atoms with Crippen molar-refractivity contribution in [3.63, 3.8) is 0 Å². The molecule has 10 heteroatoms. The topological polar surface area (TPSA) is 97.1 Å². The molecule has 0 bridgehead atoms. The normalized spacial score (nSPS) is 19.4. The van der Waals surface area contributed by atoms with Gasteiger partial charge in [0, 0.05) is 24.2 Å². The van der Waals surface area contributed by atoms with Gasteiger partial charge in [-0.2, -0.15) is 0 Å². The molecule has 0 amide bonds. The molecule has 1 aromatic heterocycles. The molecule has 2 aromatic rings. The first-order valence-electron chi connectivity index (χ1n) is 9.77. The first-order valence-corrected chi connectivity index (χ1v) is 12.5. The van der Waals surface area contributed by atoms with Gasteiger partial charge >= 0.3 is 0 Å². The van der Waals surface area contributed by atoms with Gasteiger partial charge in [-0.15, -0.1) is 11.3 Å². The molecule has 2 atom stereocenters. The Morgan fingerprint density at radius 1 is 1.28 bits per heavy atom. The molecule has 1 saturated carbocycles. The van der Waals surface area contributed by atoms with Gasteiger partial charge < -0.3 is 11.1 Å². The Labute approximate surface area is 180 Å². The number of hydrogen-bond acceptors (Lipinski definition) is 6. The second kappa shape index (κ2) is 10.1. The van der Waals surface area contributed by atoms with Crippen molar-refractivity contribution in [3.8, 4) is 0 Å². The quantitative estimate of drug-likeness (QED) is 0.441. The van der Waals surface area contributed by atoms with Crippen LogP contribution in [0.25, 0.3) is 0 Å². The van der Waals surface area contributed by atoms with E-state index in [-0.39, 0.29) is 10.2 Å². The van der Waals surface area contributed by atoms with Crippen LogP contribution in [0.5, 0.6) is 0 Å². The van der Waals surface area contributed by atoms with E-state index in [0.717, 1.165) is 55.6 Å². The lowest BCUT2D eigenvalue weighted by atomic mass is 9.97. The van der Waals surface area contributed by atoms with E-state index in [0.29, 0.717) is 24.2 Å². The van der Waals surface area contributed by atoms with Gasteiger partial charge in [-0.3, -0.25) is 4.72 Å². The molecule has 1 aromatic carbocycles. The summed E-state index contributed by atoms with van der Waals surface area (Å²) >= 11 is 7.29. The summed E-state index contributed by atoms with van der Waals surface area (Å²) < 4.78 is 41.4. The van der Waals surface area contributed by atoms with E-state index in [1.807, 2.05) is 0 Å². The summed E-state index contributed by atoms with van der Waals surface area (Å²) in [7, 11) is -4.10. The Balaban J connectivity index is 1.50. The molecular formula is C19H26ClFN4O2S2. The molecular weight excluding hydrogens is 435 g/mol. The van der Waals surface area contributed by atoms with Crippen LogP contribution in [0.4, 0.5) is 15.2 Å². The summed E-state index contributed by atoms with van der Waals surface area (Å²) in [5, 5.41) is 5.04. The summed E-state index contributed by atoms with van der Waals surface area (Å²) in [5.41, 5.74) is 6.48. The maximum atomic E-state index is 14.4. The summed E-state index contributed by atoms with van der Waals surface area (Å²) in [5.74, 6) is -0.213. The lowest BCUT2D eigenvalue weighted by molar-refractivity contribution is 0.424. The highest BCUT2D eigenvalue weighted by Gasteiger charge is 2.23. The Morgan fingerprint density at radius 2 is 2.10 bits per heavy atom. The predicted octanol–water partition coefficient (Wildman–Crippen LogP) is 4.84. The molecule has 1 aliphatic carbocycles. The van der Waals surface area contributed by atoms with Crippen molar-refractivity contribution in [1.29, 1.82) is 0 Å². The van der Waals surface area contributed by atoms with E-state index < -0.39 is 20.7 Å². The maximum absolute atomic E-state index is 14.4. The second-order valence-corrected chi connectivity index (χ2v) is 10.3. The highest BCUT2D eigenvalue weighted by molar-refractivity contribution is 7.93. The fraction of sp³-hybridized carbons (Fsp3) is 0.526. The highest BCUT2D eigenvalue weighted by atomic mass is 35.5. The average Bonchev–Trinajstić information content (AvgIpc) is 3.31. The van der Waals surface area contributed by atoms with E-state index in [9.17, 15) is 12.8 Å². The van der Waals surface area contributed by atoms with Crippen LogP contribution in [0.1, 0.15) is 44.9 Å². The number of unbranched alkanes of at least 4 members (excludes halogenated alkanes) is 2.